The number of imidazole rings is 2. The predicted octanol–water partition coefficient (Wildman–Crippen LogP) is 4.56. The smallest absolute Gasteiger partial charge is 0.349 e. The third kappa shape index (κ3) is 8.45. The molecule has 0 saturated carbocycles. The second-order valence-corrected chi connectivity index (χ2v) is 19.5. The van der Waals surface area contributed by atoms with Crippen molar-refractivity contribution in [3.8, 4) is 0 Å². The molecule has 7 heterocycles. The standard InChI is InChI=1S/C32H34F2N10O11P2S2/c1-14(2)27(45)41-32-40-26-21(29(47)42-32)38-13-44(26)31-19(34)23-17(53-31)10-51-57(49,59)54-22-16(8-9-50-56(48,58)55-23)52-30(18(22)33)43-12-37-20-24(35-11-36-25(20)43)39-28(46)15-6-4-3-5-7-15/h3-7,11-14,16-19,22-23,30-31H,8-10H2,1-2H3,(H,48,58)(H,49,59)(H,35,36,39,46)(H2,40,41,42,45,47)/t16-,17-,18-,19-,22-,23-,30-,31-,56-,57+/m1/s1. The Morgan fingerprint density at radius 3 is 2.19 bits per heavy atom. The summed E-state index contributed by atoms with van der Waals surface area (Å²) >= 11 is 8.11. The highest BCUT2D eigenvalue weighted by atomic mass is 32.7. The lowest BCUT2D eigenvalue weighted by Gasteiger charge is -2.24. The number of rotatable bonds is 6. The van der Waals surface area contributed by atoms with E-state index in [0.29, 0.717) is 5.56 Å². The lowest BCUT2D eigenvalue weighted by Crippen LogP contribution is -2.33. The summed E-state index contributed by atoms with van der Waals surface area (Å²) in [5, 5.41) is 5.12. The first-order chi connectivity index (χ1) is 28.1. The number of fused-ring (bicyclic) bond motifs is 4. The summed E-state index contributed by atoms with van der Waals surface area (Å²) in [6.45, 7) is -6.98. The Bertz CT molecular complexity index is 2570. The normalized spacial score (nSPS) is 31.6. The summed E-state index contributed by atoms with van der Waals surface area (Å²) in [7, 11) is 0. The number of carbonyl (C=O) groups is 2. The second kappa shape index (κ2) is 16.4. The van der Waals surface area contributed by atoms with E-state index in [4.69, 9.17) is 27.6 Å². The van der Waals surface area contributed by atoms with Gasteiger partial charge in [0.05, 0.1) is 32.0 Å². The molecular weight excluding hydrogens is 864 g/mol. The molecule has 21 nitrogen and oxygen atoms in total. The average molecular weight is 899 g/mol. The number of carbonyl (C=O) groups excluding carboxylic acids is 2. The summed E-state index contributed by atoms with van der Waals surface area (Å²) in [5.41, 5.74) is -0.635. The van der Waals surface area contributed by atoms with E-state index >= 15 is 8.78 Å². The van der Waals surface area contributed by atoms with E-state index in [1.165, 1.54) is 10.9 Å². The third-order valence-electron chi connectivity index (χ3n) is 9.48. The van der Waals surface area contributed by atoms with Gasteiger partial charge in [-0.05, 0) is 12.1 Å². The zero-order valence-electron chi connectivity index (χ0n) is 30.6. The van der Waals surface area contributed by atoms with Crippen molar-refractivity contribution in [3.05, 3.63) is 65.2 Å². The minimum absolute atomic E-state index is 0.0391. The van der Waals surface area contributed by atoms with E-state index < -0.39 is 99.3 Å². The van der Waals surface area contributed by atoms with Gasteiger partial charge in [0.1, 0.15) is 24.6 Å². The van der Waals surface area contributed by atoms with Crippen molar-refractivity contribution >= 4 is 84.0 Å². The van der Waals surface area contributed by atoms with Crippen LogP contribution in [0.5, 0.6) is 0 Å². The molecule has 5 aromatic rings. The maximum absolute atomic E-state index is 16.5. The maximum atomic E-state index is 16.5. The van der Waals surface area contributed by atoms with Crippen LogP contribution in [0.3, 0.4) is 0 Å². The molecule has 10 atom stereocenters. The van der Waals surface area contributed by atoms with Gasteiger partial charge in [0, 0.05) is 17.9 Å². The van der Waals surface area contributed by atoms with Crippen LogP contribution in [0.25, 0.3) is 22.3 Å². The quantitative estimate of drug-likeness (QED) is 0.116. The fraction of sp³-hybridized carbons (Fsp3) is 0.438. The van der Waals surface area contributed by atoms with E-state index in [0.717, 1.165) is 17.2 Å². The van der Waals surface area contributed by atoms with Crippen LogP contribution in [-0.2, 0) is 41.5 Å². The summed E-state index contributed by atoms with van der Waals surface area (Å²) in [6, 6.07) is 8.34. The number of aromatic nitrogens is 8. The Balaban J connectivity index is 1.03. The van der Waals surface area contributed by atoms with Crippen LogP contribution >= 0.6 is 38.1 Å². The van der Waals surface area contributed by atoms with Crippen LogP contribution in [0.15, 0.2) is 54.1 Å². The number of aromatic amines is 1. The van der Waals surface area contributed by atoms with Gasteiger partial charge in [-0.3, -0.25) is 47.4 Å². The number of amides is 2. The van der Waals surface area contributed by atoms with Crippen LogP contribution in [0.4, 0.5) is 20.5 Å². The number of hydrogen-bond acceptors (Lipinski definition) is 16. The van der Waals surface area contributed by atoms with Crippen molar-refractivity contribution in [1.82, 2.24) is 39.0 Å². The van der Waals surface area contributed by atoms with Crippen molar-refractivity contribution < 1.29 is 55.1 Å². The fourth-order valence-electron chi connectivity index (χ4n) is 6.61. The summed E-state index contributed by atoms with van der Waals surface area (Å²) < 4.78 is 96.6. The second-order valence-electron chi connectivity index (χ2n) is 13.8. The Morgan fingerprint density at radius 2 is 1.49 bits per heavy atom. The molecule has 2 amide bonds. The summed E-state index contributed by atoms with van der Waals surface area (Å²) in [5.74, 6) is -1.61. The van der Waals surface area contributed by atoms with Gasteiger partial charge in [-0.25, -0.2) is 37.8 Å². The molecule has 1 aromatic carbocycles. The molecule has 0 aliphatic carbocycles. The molecule has 3 aliphatic heterocycles. The lowest BCUT2D eigenvalue weighted by atomic mass is 10.1. The molecule has 0 unspecified atom stereocenters. The third-order valence-corrected chi connectivity index (χ3v) is 12.7. The highest BCUT2D eigenvalue weighted by Crippen LogP contribution is 2.60. The number of H-pyrrole nitrogens is 1. The van der Waals surface area contributed by atoms with E-state index in [-0.39, 0.29) is 40.5 Å². The van der Waals surface area contributed by atoms with Crippen molar-refractivity contribution in [2.45, 2.75) is 69.5 Å². The van der Waals surface area contributed by atoms with Crippen molar-refractivity contribution in [2.24, 2.45) is 5.92 Å². The first-order valence-electron chi connectivity index (χ1n) is 17.8. The maximum Gasteiger partial charge on any atom is 0.386 e. The number of nitrogens with one attached hydrogen (secondary N) is 3. The number of halogens is 2. The van der Waals surface area contributed by atoms with Crippen molar-refractivity contribution in [1.29, 1.82) is 0 Å². The minimum atomic E-state index is -4.55. The first-order valence-corrected chi connectivity index (χ1v) is 23.2. The molecule has 0 spiro atoms. The highest BCUT2D eigenvalue weighted by molar-refractivity contribution is 8.44. The number of benzene rings is 1. The molecule has 0 radical (unpaired) electrons. The van der Waals surface area contributed by atoms with Crippen molar-refractivity contribution in [3.63, 3.8) is 0 Å². The molecule has 314 valence electrons. The Labute approximate surface area is 341 Å². The number of anilines is 2. The number of nitrogens with zero attached hydrogens (tertiary/aromatic N) is 7. The van der Waals surface area contributed by atoms with Crippen molar-refractivity contribution in [2.75, 3.05) is 23.8 Å². The highest BCUT2D eigenvalue weighted by Gasteiger charge is 2.53. The van der Waals surface area contributed by atoms with E-state index in [9.17, 15) is 23.5 Å². The van der Waals surface area contributed by atoms with Gasteiger partial charge in [0.2, 0.25) is 11.9 Å². The summed E-state index contributed by atoms with van der Waals surface area (Å²) in [4.78, 5) is 61.2. The van der Waals surface area contributed by atoms with Gasteiger partial charge in [-0.2, -0.15) is 4.98 Å². The predicted molar refractivity (Wildman–Crippen MR) is 208 cm³/mol. The number of ether oxygens (including phenoxy) is 2. The molecule has 3 fully saturated rings. The number of hydrogen-bond donors (Lipinski definition) is 5. The zero-order valence-corrected chi connectivity index (χ0v) is 34.2. The SMILES string of the molecule is CC(C)C(=O)Nc1nc2c(ncn2[C@@H]2O[C@@H]3CO[P@](=O)(S)O[C@H]4[C@@H](F)[C@H](n5cnc6c(NC(=O)c7ccccc7)ncnc65)O[C@@H]4CCO[P@@](=O)(S)O[C@H]3[C@H]2F)c(=O)[nH]1. The number of thiol groups is 2. The molecule has 27 heteroatoms. The van der Waals surface area contributed by atoms with E-state index in [2.05, 4.69) is 65.0 Å². The van der Waals surface area contributed by atoms with Crippen LogP contribution in [-0.4, -0.2) is 101 Å². The van der Waals surface area contributed by atoms with Gasteiger partial charge in [0.25, 0.3) is 11.5 Å². The molecule has 8 rings (SSSR count). The van der Waals surface area contributed by atoms with Crippen LogP contribution < -0.4 is 16.2 Å². The molecule has 3 N–H and O–H groups in total. The number of alkyl halides is 2. The zero-order chi connectivity index (χ0) is 41.8. The summed E-state index contributed by atoms with van der Waals surface area (Å²) in [6.07, 6.45) is -10.4. The Kier molecular flexibility index (Phi) is 11.5. The van der Waals surface area contributed by atoms with E-state index in [1.54, 1.807) is 44.2 Å². The fourth-order valence-corrected chi connectivity index (χ4v) is 9.62. The van der Waals surface area contributed by atoms with Gasteiger partial charge < -0.3 is 19.3 Å². The molecule has 0 bridgehead atoms. The largest absolute Gasteiger partial charge is 0.386 e. The van der Waals surface area contributed by atoms with Gasteiger partial charge in [0.15, 0.2) is 52.9 Å². The first kappa shape index (κ1) is 41.6. The van der Waals surface area contributed by atoms with Crippen LogP contribution in [0.1, 0.15) is 43.1 Å². The average Bonchev–Trinajstić information content (AvgIpc) is 3.96. The van der Waals surface area contributed by atoms with E-state index in [1.807, 2.05) is 0 Å². The molecule has 59 heavy (non-hydrogen) atoms. The van der Waals surface area contributed by atoms with Gasteiger partial charge in [-0.15, -0.1) is 0 Å². The van der Waals surface area contributed by atoms with Crippen LogP contribution in [0.2, 0.25) is 0 Å². The molecule has 3 saturated heterocycles. The molecule has 3 aliphatic rings. The molecule has 4 aromatic heterocycles. The van der Waals surface area contributed by atoms with Crippen LogP contribution in [0, 0.1) is 5.92 Å². The Hall–Kier alpha value is -4.16. The lowest BCUT2D eigenvalue weighted by molar-refractivity contribution is -0.118. The Morgan fingerprint density at radius 1 is 0.864 bits per heavy atom. The minimum Gasteiger partial charge on any atom is -0.349 e. The monoisotopic (exact) mass is 898 g/mol. The van der Waals surface area contributed by atoms with Gasteiger partial charge in [-0.1, -0.05) is 56.5 Å². The van der Waals surface area contributed by atoms with Gasteiger partial charge >= 0.3 is 13.6 Å². The topological polar surface area (TPSA) is 255 Å². The molecular formula is C32H34F2N10O11P2S2.